The molecule has 0 saturated heterocycles. The topological polar surface area (TPSA) is 26.9 Å². The Labute approximate surface area is 265 Å². The number of hydrogen-bond acceptors (Lipinski definition) is 1. The predicted octanol–water partition coefficient (Wildman–Crippen LogP) is 10.6. The largest absolute Gasteiger partial charge is 0.338 e. The molecule has 0 N–H and O–H groups in total. The first-order valence-corrected chi connectivity index (χ1v) is 15.6. The average Bonchev–Trinajstić information content (AvgIpc) is 3.42. The zero-order chi connectivity index (χ0) is 30.6. The maximum atomic E-state index is 14.0. The van der Waals surface area contributed by atoms with Gasteiger partial charge < -0.3 is 0 Å². The van der Waals surface area contributed by atoms with E-state index < -0.39 is 0 Å². The third-order valence-electron chi connectivity index (χ3n) is 9.17. The summed E-state index contributed by atoms with van der Waals surface area (Å²) >= 11 is 0. The maximum Gasteiger partial charge on any atom is 0.338 e. The second-order valence-electron chi connectivity index (χ2n) is 11.7. The minimum absolute atomic E-state index is 0.0875. The highest BCUT2D eigenvalue weighted by Gasteiger charge is 2.19. The molecule has 8 aromatic carbocycles. The molecule has 0 spiro atoms. The van der Waals surface area contributed by atoms with Gasteiger partial charge in [-0.1, -0.05) is 133 Å². The van der Waals surface area contributed by atoms with Crippen molar-refractivity contribution in [3.05, 3.63) is 180 Å². The Kier molecular flexibility index (Phi) is 5.97. The first kappa shape index (κ1) is 26.2. The van der Waals surface area contributed by atoms with Gasteiger partial charge in [0.05, 0.1) is 22.4 Å². The third kappa shape index (κ3) is 3.96. The van der Waals surface area contributed by atoms with Crippen LogP contribution in [0.15, 0.2) is 175 Å². The minimum Gasteiger partial charge on any atom is -0.260 e. The first-order valence-electron chi connectivity index (χ1n) is 15.6. The molecule has 3 heteroatoms. The molecule has 0 aliphatic rings. The third-order valence-corrected chi connectivity index (χ3v) is 9.17. The van der Waals surface area contributed by atoms with Gasteiger partial charge in [-0.05, 0) is 91.0 Å². The molecule has 0 radical (unpaired) electrons. The van der Waals surface area contributed by atoms with Crippen LogP contribution in [-0.4, -0.2) is 9.13 Å². The van der Waals surface area contributed by atoms with Crippen LogP contribution in [-0.2, 0) is 0 Å². The standard InChI is InChI=1S/C43H28N2O/c46-43-44(31-15-2-1-3-16-31)39-23-10-11-24-40(39)45(43)32-27-25-30(26-28-32)41-35-18-6-8-20-37(35)42(38-21-9-7-19-36(38)41)34-22-12-14-29-13-4-5-17-33(29)34/h1-28H. The summed E-state index contributed by atoms with van der Waals surface area (Å²) < 4.78 is 3.60. The fraction of sp³-hybridized carbons (Fsp3) is 0. The van der Waals surface area contributed by atoms with Crippen LogP contribution < -0.4 is 5.69 Å². The lowest BCUT2D eigenvalue weighted by atomic mass is 9.85. The van der Waals surface area contributed by atoms with Gasteiger partial charge in [0.25, 0.3) is 0 Å². The second-order valence-corrected chi connectivity index (χ2v) is 11.7. The number of hydrogen-bond donors (Lipinski definition) is 0. The van der Waals surface area contributed by atoms with Gasteiger partial charge in [0.15, 0.2) is 0 Å². The van der Waals surface area contributed by atoms with Crippen LogP contribution in [0.25, 0.3) is 77.0 Å². The van der Waals surface area contributed by atoms with E-state index in [0.717, 1.165) is 28.0 Å². The number of imidazole rings is 1. The zero-order valence-electron chi connectivity index (χ0n) is 25.0. The molecule has 216 valence electrons. The van der Waals surface area contributed by atoms with E-state index in [0.29, 0.717) is 0 Å². The van der Waals surface area contributed by atoms with E-state index >= 15 is 0 Å². The highest BCUT2D eigenvalue weighted by Crippen LogP contribution is 2.45. The van der Waals surface area contributed by atoms with Gasteiger partial charge >= 0.3 is 5.69 Å². The normalized spacial score (nSPS) is 11.6. The lowest BCUT2D eigenvalue weighted by molar-refractivity contribution is 0.931. The van der Waals surface area contributed by atoms with Crippen LogP contribution in [0.4, 0.5) is 0 Å². The van der Waals surface area contributed by atoms with Gasteiger partial charge in [-0.3, -0.25) is 9.13 Å². The Morgan fingerprint density at radius 3 is 1.41 bits per heavy atom. The van der Waals surface area contributed by atoms with E-state index in [9.17, 15) is 4.79 Å². The molecule has 9 aromatic rings. The van der Waals surface area contributed by atoms with Crippen molar-refractivity contribution in [2.24, 2.45) is 0 Å². The van der Waals surface area contributed by atoms with Crippen molar-refractivity contribution in [3.8, 4) is 33.6 Å². The van der Waals surface area contributed by atoms with Gasteiger partial charge in [0.2, 0.25) is 0 Å². The van der Waals surface area contributed by atoms with Crippen molar-refractivity contribution >= 4 is 43.4 Å². The Morgan fingerprint density at radius 2 is 0.804 bits per heavy atom. The smallest absolute Gasteiger partial charge is 0.260 e. The van der Waals surface area contributed by atoms with Crippen molar-refractivity contribution in [1.82, 2.24) is 9.13 Å². The van der Waals surface area contributed by atoms with Crippen molar-refractivity contribution in [2.75, 3.05) is 0 Å². The molecular weight excluding hydrogens is 560 g/mol. The molecule has 0 atom stereocenters. The van der Waals surface area contributed by atoms with Crippen molar-refractivity contribution in [1.29, 1.82) is 0 Å². The molecule has 3 nitrogen and oxygen atoms in total. The molecule has 0 unspecified atom stereocenters. The van der Waals surface area contributed by atoms with Crippen LogP contribution >= 0.6 is 0 Å². The molecule has 9 rings (SSSR count). The van der Waals surface area contributed by atoms with Crippen LogP contribution in [0.2, 0.25) is 0 Å². The van der Waals surface area contributed by atoms with Gasteiger partial charge in [-0.15, -0.1) is 0 Å². The number of rotatable bonds is 4. The predicted molar refractivity (Wildman–Crippen MR) is 192 cm³/mol. The summed E-state index contributed by atoms with van der Waals surface area (Å²) in [6, 6.07) is 58.9. The van der Waals surface area contributed by atoms with Gasteiger partial charge in [0.1, 0.15) is 0 Å². The molecule has 0 saturated carbocycles. The van der Waals surface area contributed by atoms with Crippen LogP contribution in [0.1, 0.15) is 0 Å². The number of aromatic nitrogens is 2. The van der Waals surface area contributed by atoms with Crippen molar-refractivity contribution < 1.29 is 0 Å². The summed E-state index contributed by atoms with van der Waals surface area (Å²) in [6.45, 7) is 0. The van der Waals surface area contributed by atoms with Crippen molar-refractivity contribution in [2.45, 2.75) is 0 Å². The summed E-state index contributed by atoms with van der Waals surface area (Å²) in [5.74, 6) is 0. The fourth-order valence-corrected chi connectivity index (χ4v) is 7.17. The highest BCUT2D eigenvalue weighted by molar-refractivity contribution is 6.23. The minimum atomic E-state index is -0.0875. The van der Waals surface area contributed by atoms with E-state index in [4.69, 9.17) is 0 Å². The maximum absolute atomic E-state index is 14.0. The second kappa shape index (κ2) is 10.5. The van der Waals surface area contributed by atoms with E-state index in [1.807, 2.05) is 59.2 Å². The van der Waals surface area contributed by atoms with Crippen molar-refractivity contribution in [3.63, 3.8) is 0 Å². The summed E-state index contributed by atoms with van der Waals surface area (Å²) in [5.41, 5.74) is 8.15. The van der Waals surface area contributed by atoms with E-state index in [-0.39, 0.29) is 5.69 Å². The lowest BCUT2D eigenvalue weighted by Crippen LogP contribution is -2.22. The SMILES string of the molecule is O=c1n(-c2ccccc2)c2ccccc2n1-c1ccc(-c2c3ccccc3c(-c3cccc4ccccc34)c3ccccc23)cc1. The highest BCUT2D eigenvalue weighted by atomic mass is 16.1. The molecule has 0 amide bonds. The molecule has 0 bridgehead atoms. The number of benzene rings is 8. The molecule has 46 heavy (non-hydrogen) atoms. The molecule has 0 aliphatic carbocycles. The van der Waals surface area contributed by atoms with Crippen LogP contribution in [0.5, 0.6) is 0 Å². The Morgan fingerprint density at radius 1 is 0.348 bits per heavy atom. The fourth-order valence-electron chi connectivity index (χ4n) is 7.17. The van der Waals surface area contributed by atoms with Crippen LogP contribution in [0, 0.1) is 0 Å². The quantitative estimate of drug-likeness (QED) is 0.188. The van der Waals surface area contributed by atoms with E-state index in [1.165, 1.54) is 49.0 Å². The van der Waals surface area contributed by atoms with E-state index in [1.54, 1.807) is 4.57 Å². The van der Waals surface area contributed by atoms with Gasteiger partial charge in [-0.25, -0.2) is 4.79 Å². The Balaban J connectivity index is 1.27. The summed E-state index contributed by atoms with van der Waals surface area (Å²) in [7, 11) is 0. The van der Waals surface area contributed by atoms with Crippen LogP contribution in [0.3, 0.4) is 0 Å². The number of para-hydroxylation sites is 3. The molecule has 0 fully saturated rings. The van der Waals surface area contributed by atoms with Gasteiger partial charge in [-0.2, -0.15) is 0 Å². The number of nitrogens with zero attached hydrogens (tertiary/aromatic N) is 2. The molecular formula is C43H28N2O. The summed E-state index contributed by atoms with van der Waals surface area (Å²) in [5, 5.41) is 7.33. The summed E-state index contributed by atoms with van der Waals surface area (Å²) in [6.07, 6.45) is 0. The zero-order valence-corrected chi connectivity index (χ0v) is 25.0. The molecule has 1 heterocycles. The monoisotopic (exact) mass is 588 g/mol. The lowest BCUT2D eigenvalue weighted by Gasteiger charge is -2.19. The van der Waals surface area contributed by atoms with E-state index in [2.05, 4.69) is 115 Å². The van der Waals surface area contributed by atoms with Gasteiger partial charge in [0, 0.05) is 0 Å². The first-order chi connectivity index (χ1) is 22.8. The Hall–Kier alpha value is -6.19. The molecule has 1 aromatic heterocycles. The average molecular weight is 589 g/mol. The summed E-state index contributed by atoms with van der Waals surface area (Å²) in [4.78, 5) is 14.0. The molecule has 0 aliphatic heterocycles. The Bertz CT molecular complexity index is 2580. The number of fused-ring (bicyclic) bond motifs is 4.